The molecular weight excluding hydrogens is 905 g/mol. The minimum atomic E-state index is -1.92. The van der Waals surface area contributed by atoms with Crippen LogP contribution in [0.5, 0.6) is 11.5 Å². The molecule has 69 heavy (non-hydrogen) atoms. The predicted molar refractivity (Wildman–Crippen MR) is 320 cm³/mol. The van der Waals surface area contributed by atoms with Crippen LogP contribution in [0.3, 0.4) is 0 Å². The number of ether oxygens (including phenoxy) is 1. The highest BCUT2D eigenvalue weighted by Gasteiger charge is 2.36. The maximum atomic E-state index is 6.86. The third-order valence-corrected chi connectivity index (χ3v) is 29.0. The summed E-state index contributed by atoms with van der Waals surface area (Å²) in [6.45, 7) is 48.8. The van der Waals surface area contributed by atoms with E-state index in [1.165, 1.54) is 100 Å². The zero-order valence-corrected chi connectivity index (χ0v) is 50.0. The van der Waals surface area contributed by atoms with Crippen molar-refractivity contribution in [2.45, 2.75) is 176 Å². The number of hydrogen-bond acceptors (Lipinski definition) is 3. The third-order valence-electron chi connectivity index (χ3n) is 13.7. The predicted octanol–water partition coefficient (Wildman–Crippen LogP) is 18.5. The molecule has 0 N–H and O–H groups in total. The van der Waals surface area contributed by atoms with Gasteiger partial charge in [0.2, 0.25) is 16.6 Å². The van der Waals surface area contributed by atoms with Crippen molar-refractivity contribution in [3.8, 4) is 22.6 Å². The average Bonchev–Trinajstić information content (AvgIpc) is 3.24. The maximum absolute atomic E-state index is 6.86. The first-order valence-electron chi connectivity index (χ1n) is 24.5. The lowest BCUT2D eigenvalue weighted by Gasteiger charge is -2.35. The average molecular weight is 1000 g/mol. The van der Waals surface area contributed by atoms with Crippen LogP contribution in [0.25, 0.3) is 11.1 Å². The van der Waals surface area contributed by atoms with Gasteiger partial charge >= 0.3 is 0 Å². The van der Waals surface area contributed by atoms with E-state index >= 15 is 0 Å². The fraction of sp³-hybridized carbons (Fsp3) is 0.419. The minimum Gasteiger partial charge on any atom is -0.457 e. The van der Waals surface area contributed by atoms with Crippen molar-refractivity contribution >= 4 is 43.6 Å². The lowest BCUT2D eigenvalue weighted by molar-refractivity contribution is 0.481. The molecule has 0 unspecified atom stereocenters. The van der Waals surface area contributed by atoms with Crippen molar-refractivity contribution in [1.82, 2.24) is 0 Å². The van der Waals surface area contributed by atoms with Gasteiger partial charge in [-0.05, 0) is 260 Å². The largest absolute Gasteiger partial charge is 0.457 e. The Morgan fingerprint density at radius 3 is 0.826 bits per heavy atom. The van der Waals surface area contributed by atoms with Gasteiger partial charge in [-0.1, -0.05) is 114 Å². The molecule has 0 heterocycles. The summed E-state index contributed by atoms with van der Waals surface area (Å²) >= 11 is 0. The Morgan fingerprint density at radius 1 is 0.304 bits per heavy atom. The van der Waals surface area contributed by atoms with E-state index in [9.17, 15) is 0 Å². The van der Waals surface area contributed by atoms with Crippen molar-refractivity contribution in [3.05, 3.63) is 176 Å². The first-order valence-corrected chi connectivity index (χ1v) is 36.6. The maximum Gasteiger partial charge on any atom is 0.206 e. The quantitative estimate of drug-likeness (QED) is 0.121. The summed E-state index contributed by atoms with van der Waals surface area (Å²) in [6, 6.07) is 41.8. The van der Waals surface area contributed by atoms with Crippen LogP contribution in [-0.2, 0) is 8.23 Å². The first-order chi connectivity index (χ1) is 31.0. The zero-order chi connectivity index (χ0) is 50.7. The summed E-state index contributed by atoms with van der Waals surface area (Å²) < 4.78 is 18.9. The fourth-order valence-electron chi connectivity index (χ4n) is 7.41. The normalized spacial score (nSPS) is 11.3. The molecule has 7 heteroatoms. The van der Waals surface area contributed by atoms with Gasteiger partial charge in [0.25, 0.3) is 0 Å². The second-order valence-corrected chi connectivity index (χ2v) is 38.5. The van der Waals surface area contributed by atoms with E-state index in [-0.39, 0.29) is 14.9 Å². The zero-order valence-electron chi connectivity index (χ0n) is 46.0. The Hall–Kier alpha value is -4.09. The van der Waals surface area contributed by atoms with Gasteiger partial charge in [-0.2, -0.15) is 0 Å². The highest BCUT2D eigenvalue weighted by atomic mass is 28.4. The molecule has 0 aliphatic heterocycles. The second kappa shape index (κ2) is 26.9. The molecule has 3 nitrogen and oxygen atoms in total. The third kappa shape index (κ3) is 19.6. The van der Waals surface area contributed by atoms with Crippen molar-refractivity contribution in [2.24, 2.45) is 0 Å². The molecule has 0 aromatic heterocycles. The molecule has 0 amide bonds. The lowest BCUT2D eigenvalue weighted by Crippen LogP contribution is -2.57. The topological polar surface area (TPSA) is 27.7 Å². The van der Waals surface area contributed by atoms with Gasteiger partial charge < -0.3 is 13.0 Å². The highest BCUT2D eigenvalue weighted by Crippen LogP contribution is 2.27. The Balaban J connectivity index is 0.000000470. The van der Waals surface area contributed by atoms with Crippen molar-refractivity contribution < 1.29 is 13.0 Å². The molecule has 6 aromatic carbocycles. The number of rotatable bonds is 11. The molecule has 0 atom stereocenters. The van der Waals surface area contributed by atoms with Crippen LogP contribution >= 0.6 is 0 Å². The molecular formula is C62H96O3Si4. The van der Waals surface area contributed by atoms with E-state index in [2.05, 4.69) is 246 Å². The Kier molecular flexibility index (Phi) is 24.6. The van der Waals surface area contributed by atoms with Crippen LogP contribution in [0, 0.1) is 83.1 Å². The molecule has 0 fully saturated rings. The van der Waals surface area contributed by atoms with Gasteiger partial charge in [0.1, 0.15) is 11.5 Å². The van der Waals surface area contributed by atoms with E-state index in [1.54, 1.807) is 0 Å². The van der Waals surface area contributed by atoms with Gasteiger partial charge in [-0.25, -0.2) is 0 Å². The molecule has 6 aromatic rings. The molecule has 0 saturated carbocycles. The molecule has 0 spiro atoms. The smallest absolute Gasteiger partial charge is 0.206 e. The van der Waals surface area contributed by atoms with Gasteiger partial charge in [-0.15, -0.1) is 0 Å². The summed E-state index contributed by atoms with van der Waals surface area (Å²) in [5, 5.41) is 2.79. The van der Waals surface area contributed by atoms with Gasteiger partial charge in [0.05, 0.1) is 0 Å². The highest BCUT2D eigenvalue weighted by molar-refractivity contribution is 6.96. The Labute approximate surface area is 429 Å². The Morgan fingerprint density at radius 2 is 0.565 bits per heavy atom. The summed E-state index contributed by atoms with van der Waals surface area (Å²) in [5.41, 5.74) is 18.6. The van der Waals surface area contributed by atoms with Crippen LogP contribution in [-0.4, -0.2) is 33.3 Å². The first kappa shape index (κ1) is 62.9. The summed E-state index contributed by atoms with van der Waals surface area (Å²) in [4.78, 5) is 0. The SMILES string of the molecule is C.C.CC[Si](C)(C)O[Si](C)(C)CC.Cc1ccc(-c2ccc(C)c(C)c2)cc1C.Cc1ccc(Oc2ccc(C)c(C)c2)cc1C.Cc1ccc([Si](C)(C)O[Si](C)(C)c2ccc(C)c(C)c2)cc1C. The monoisotopic (exact) mass is 1000 g/mol. The van der Waals surface area contributed by atoms with Crippen LogP contribution in [0.1, 0.15) is 95.5 Å². The fourth-order valence-corrected chi connectivity index (χ4v) is 22.7. The van der Waals surface area contributed by atoms with Gasteiger partial charge in [0.15, 0.2) is 16.6 Å². The van der Waals surface area contributed by atoms with Gasteiger partial charge in [0, 0.05) is 0 Å². The van der Waals surface area contributed by atoms with E-state index in [0.29, 0.717) is 0 Å². The van der Waals surface area contributed by atoms with E-state index in [1.807, 2.05) is 12.1 Å². The molecule has 6 rings (SSSR count). The van der Waals surface area contributed by atoms with Crippen LogP contribution in [0.15, 0.2) is 109 Å². The van der Waals surface area contributed by atoms with E-state index in [4.69, 9.17) is 13.0 Å². The van der Waals surface area contributed by atoms with Crippen LogP contribution < -0.4 is 15.1 Å². The molecule has 0 saturated heterocycles. The molecule has 0 bridgehead atoms. The lowest BCUT2D eigenvalue weighted by atomic mass is 9.98. The standard InChI is InChI=1S/C20H30OSi2.C16H18O.C16H18.C8H22OSi2.2CH4/c1-15-9-11-19(13-17(15)3)22(5,6)21-23(7,8)20-12-10-16(2)18(4)14-20;1-11-5-7-15(9-13(11)3)17-16-8-6-12(2)14(4)10-16;1-11-5-7-15(9-13(11)3)16-8-6-12(2)14(4)10-16;1-7-10(3,4)9-11(5,6)8-2;;/h9-14H,1-8H3;5-10H,1-4H3;5-10H,1-4H3;7-8H2,1-6H3;2*1H4. The van der Waals surface area contributed by atoms with Crippen LogP contribution in [0.4, 0.5) is 0 Å². The van der Waals surface area contributed by atoms with Crippen LogP contribution in [0.2, 0.25) is 64.5 Å². The second-order valence-electron chi connectivity index (χ2n) is 21.2. The van der Waals surface area contributed by atoms with Crippen molar-refractivity contribution in [3.63, 3.8) is 0 Å². The summed E-state index contributed by atoms with van der Waals surface area (Å²) in [5.74, 6) is 1.80. The molecule has 0 aliphatic carbocycles. The number of hydrogen-bond donors (Lipinski definition) is 0. The molecule has 378 valence electrons. The summed E-state index contributed by atoms with van der Waals surface area (Å²) in [6.07, 6.45) is 0. The van der Waals surface area contributed by atoms with E-state index in [0.717, 1.165) is 11.5 Å². The Bertz CT molecular complexity index is 2390. The van der Waals surface area contributed by atoms with Gasteiger partial charge in [-0.3, -0.25) is 0 Å². The number of benzene rings is 6. The number of aryl methyl sites for hydroxylation is 12. The van der Waals surface area contributed by atoms with E-state index < -0.39 is 33.3 Å². The molecule has 0 aliphatic rings. The summed E-state index contributed by atoms with van der Waals surface area (Å²) in [7, 11) is -6.39. The minimum absolute atomic E-state index is 0. The van der Waals surface area contributed by atoms with Crippen molar-refractivity contribution in [2.75, 3.05) is 0 Å². The van der Waals surface area contributed by atoms with Crippen molar-refractivity contribution in [1.29, 1.82) is 0 Å². The molecule has 0 radical (unpaired) electrons.